The first kappa shape index (κ1) is 12.6. The van der Waals surface area contributed by atoms with Gasteiger partial charge in [-0.25, -0.2) is 0 Å². The number of rotatable bonds is 4. The van der Waals surface area contributed by atoms with Crippen LogP contribution in [0.1, 0.15) is 22.3 Å². The van der Waals surface area contributed by atoms with Gasteiger partial charge in [0.2, 0.25) is 0 Å². The maximum atomic E-state index is 5.58. The molecule has 0 aromatic heterocycles. The summed E-state index contributed by atoms with van der Waals surface area (Å²) < 4.78 is 0. The molecule has 0 fully saturated rings. The van der Waals surface area contributed by atoms with Crippen LogP contribution in [-0.2, 0) is 6.42 Å². The monoisotopic (exact) mass is 237 g/mol. The first-order chi connectivity index (χ1) is 8.72. The summed E-state index contributed by atoms with van der Waals surface area (Å²) in [6, 6.07) is 16.8. The van der Waals surface area contributed by atoms with Crippen LogP contribution < -0.4 is 5.73 Å². The van der Waals surface area contributed by atoms with E-state index < -0.39 is 0 Å². The second-order valence-corrected chi connectivity index (χ2v) is 4.53. The topological polar surface area (TPSA) is 26.0 Å². The standard InChI is InChI=1S/C17H19N/c1-13-12-15(10-11-18)8-9-17(13)14(2)16-6-4-3-5-7-16/h3-9,12H,2,10-11,18H2,1H3. The van der Waals surface area contributed by atoms with Gasteiger partial charge in [0, 0.05) is 0 Å². The largest absolute Gasteiger partial charge is 0.330 e. The zero-order valence-corrected chi connectivity index (χ0v) is 10.8. The predicted molar refractivity (Wildman–Crippen MR) is 78.5 cm³/mol. The molecule has 0 heterocycles. The van der Waals surface area contributed by atoms with E-state index in [1.165, 1.54) is 22.3 Å². The Kier molecular flexibility index (Phi) is 3.96. The van der Waals surface area contributed by atoms with E-state index in [-0.39, 0.29) is 0 Å². The van der Waals surface area contributed by atoms with Crippen LogP contribution in [0.5, 0.6) is 0 Å². The van der Waals surface area contributed by atoms with Gasteiger partial charge in [0.15, 0.2) is 0 Å². The summed E-state index contributed by atoms with van der Waals surface area (Å²) in [4.78, 5) is 0. The van der Waals surface area contributed by atoms with Gasteiger partial charge in [-0.15, -0.1) is 0 Å². The first-order valence-electron chi connectivity index (χ1n) is 6.26. The van der Waals surface area contributed by atoms with E-state index in [0.717, 1.165) is 12.0 Å². The van der Waals surface area contributed by atoms with Crippen molar-refractivity contribution in [3.8, 4) is 0 Å². The number of hydrogen-bond donors (Lipinski definition) is 1. The third-order valence-electron chi connectivity index (χ3n) is 3.17. The van der Waals surface area contributed by atoms with Gasteiger partial charge >= 0.3 is 0 Å². The molecule has 0 bridgehead atoms. The van der Waals surface area contributed by atoms with Crippen molar-refractivity contribution in [2.45, 2.75) is 13.3 Å². The van der Waals surface area contributed by atoms with Gasteiger partial charge in [-0.1, -0.05) is 55.1 Å². The minimum atomic E-state index is 0.693. The summed E-state index contributed by atoms with van der Waals surface area (Å²) in [5.74, 6) is 0. The number of nitrogens with two attached hydrogens (primary N) is 1. The molecular weight excluding hydrogens is 218 g/mol. The molecule has 2 aromatic carbocycles. The molecule has 0 atom stereocenters. The third kappa shape index (κ3) is 2.69. The van der Waals surface area contributed by atoms with E-state index in [1.807, 2.05) is 18.2 Å². The summed E-state index contributed by atoms with van der Waals surface area (Å²) in [6.45, 7) is 7.03. The van der Waals surface area contributed by atoms with Crippen LogP contribution in [-0.4, -0.2) is 6.54 Å². The molecule has 0 aliphatic heterocycles. The molecule has 0 saturated carbocycles. The highest BCUT2D eigenvalue weighted by molar-refractivity contribution is 5.79. The highest BCUT2D eigenvalue weighted by Gasteiger charge is 2.05. The van der Waals surface area contributed by atoms with Crippen molar-refractivity contribution in [2.75, 3.05) is 6.54 Å². The molecule has 92 valence electrons. The van der Waals surface area contributed by atoms with Crippen molar-refractivity contribution in [2.24, 2.45) is 5.73 Å². The Hall–Kier alpha value is -1.86. The smallest absolute Gasteiger partial charge is 0.00367 e. The van der Waals surface area contributed by atoms with Crippen molar-refractivity contribution in [1.29, 1.82) is 0 Å². The van der Waals surface area contributed by atoms with Crippen LogP contribution in [0.25, 0.3) is 5.57 Å². The summed E-state index contributed by atoms with van der Waals surface area (Å²) in [5, 5.41) is 0. The third-order valence-corrected chi connectivity index (χ3v) is 3.17. The van der Waals surface area contributed by atoms with Crippen LogP contribution in [0.3, 0.4) is 0 Å². The molecular formula is C17H19N. The van der Waals surface area contributed by atoms with Gasteiger partial charge in [0.1, 0.15) is 0 Å². The van der Waals surface area contributed by atoms with Crippen LogP contribution in [0.2, 0.25) is 0 Å². The van der Waals surface area contributed by atoms with Crippen molar-refractivity contribution < 1.29 is 0 Å². The lowest BCUT2D eigenvalue weighted by atomic mass is 9.94. The Morgan fingerprint density at radius 2 is 1.83 bits per heavy atom. The lowest BCUT2D eigenvalue weighted by molar-refractivity contribution is 0.966. The van der Waals surface area contributed by atoms with Crippen LogP contribution in [0, 0.1) is 6.92 Å². The van der Waals surface area contributed by atoms with E-state index in [4.69, 9.17) is 5.73 Å². The van der Waals surface area contributed by atoms with Gasteiger partial charge in [-0.05, 0) is 47.7 Å². The Balaban J connectivity index is 2.32. The average Bonchev–Trinajstić information content (AvgIpc) is 2.40. The number of aryl methyl sites for hydroxylation is 1. The molecule has 0 amide bonds. The summed E-state index contributed by atoms with van der Waals surface area (Å²) in [7, 11) is 0. The lowest BCUT2D eigenvalue weighted by Crippen LogP contribution is -2.03. The summed E-state index contributed by atoms with van der Waals surface area (Å²) in [5.41, 5.74) is 11.6. The lowest BCUT2D eigenvalue weighted by Gasteiger charge is -2.11. The van der Waals surface area contributed by atoms with E-state index >= 15 is 0 Å². The van der Waals surface area contributed by atoms with Crippen molar-refractivity contribution in [3.05, 3.63) is 77.4 Å². The zero-order valence-electron chi connectivity index (χ0n) is 10.8. The Bertz CT molecular complexity index is 541. The molecule has 0 radical (unpaired) electrons. The normalized spacial score (nSPS) is 10.3. The molecule has 2 rings (SSSR count). The van der Waals surface area contributed by atoms with Crippen LogP contribution in [0.15, 0.2) is 55.1 Å². The van der Waals surface area contributed by atoms with Gasteiger partial charge in [-0.2, -0.15) is 0 Å². The maximum Gasteiger partial charge on any atom is -0.00367 e. The molecule has 0 aliphatic carbocycles. The van der Waals surface area contributed by atoms with E-state index in [0.29, 0.717) is 6.54 Å². The molecule has 2 aromatic rings. The summed E-state index contributed by atoms with van der Waals surface area (Å²) in [6.07, 6.45) is 0.929. The first-order valence-corrected chi connectivity index (χ1v) is 6.26. The highest BCUT2D eigenvalue weighted by Crippen LogP contribution is 2.25. The molecule has 0 aliphatic rings. The quantitative estimate of drug-likeness (QED) is 0.864. The minimum Gasteiger partial charge on any atom is -0.330 e. The predicted octanol–water partition coefficient (Wildman–Crippen LogP) is 3.56. The number of hydrogen-bond acceptors (Lipinski definition) is 1. The fourth-order valence-corrected chi connectivity index (χ4v) is 2.18. The van der Waals surface area contributed by atoms with Crippen molar-refractivity contribution >= 4 is 5.57 Å². The molecule has 1 heteroatoms. The Morgan fingerprint density at radius 3 is 2.44 bits per heavy atom. The molecule has 2 N–H and O–H groups in total. The van der Waals surface area contributed by atoms with Gasteiger partial charge < -0.3 is 5.73 Å². The molecule has 0 unspecified atom stereocenters. The molecule has 0 spiro atoms. The van der Waals surface area contributed by atoms with Crippen LogP contribution >= 0.6 is 0 Å². The molecule has 0 saturated heterocycles. The van der Waals surface area contributed by atoms with Gasteiger partial charge in [0.25, 0.3) is 0 Å². The second kappa shape index (κ2) is 5.65. The SMILES string of the molecule is C=C(c1ccccc1)c1ccc(CCN)cc1C. The second-order valence-electron chi connectivity index (χ2n) is 4.53. The fourth-order valence-electron chi connectivity index (χ4n) is 2.18. The number of benzene rings is 2. The van der Waals surface area contributed by atoms with Gasteiger partial charge in [0.05, 0.1) is 0 Å². The van der Waals surface area contributed by atoms with Crippen molar-refractivity contribution in [3.63, 3.8) is 0 Å². The van der Waals surface area contributed by atoms with Gasteiger partial charge in [-0.3, -0.25) is 0 Å². The van der Waals surface area contributed by atoms with E-state index in [9.17, 15) is 0 Å². The van der Waals surface area contributed by atoms with Crippen molar-refractivity contribution in [1.82, 2.24) is 0 Å². The van der Waals surface area contributed by atoms with E-state index in [1.54, 1.807) is 0 Å². The fraction of sp³-hybridized carbons (Fsp3) is 0.176. The molecule has 18 heavy (non-hydrogen) atoms. The minimum absolute atomic E-state index is 0.693. The average molecular weight is 237 g/mol. The van der Waals surface area contributed by atoms with E-state index in [2.05, 4.69) is 43.8 Å². The Morgan fingerprint density at radius 1 is 1.11 bits per heavy atom. The van der Waals surface area contributed by atoms with Crippen LogP contribution in [0.4, 0.5) is 0 Å². The Labute approximate surface area is 109 Å². The summed E-state index contributed by atoms with van der Waals surface area (Å²) >= 11 is 0. The maximum absolute atomic E-state index is 5.58. The molecule has 1 nitrogen and oxygen atoms in total. The zero-order chi connectivity index (χ0) is 13.0. The highest BCUT2D eigenvalue weighted by atomic mass is 14.5.